The molecule has 39 heavy (non-hydrogen) atoms. The highest BCUT2D eigenvalue weighted by Gasteiger charge is 2.23. The van der Waals surface area contributed by atoms with E-state index in [1.54, 1.807) is 4.57 Å². The summed E-state index contributed by atoms with van der Waals surface area (Å²) >= 11 is 0. The number of carbonyl (C=O) groups is 1. The number of carbonyl (C=O) groups excluding carboxylic acids is 1. The van der Waals surface area contributed by atoms with Gasteiger partial charge in [-0.15, -0.1) is 0 Å². The van der Waals surface area contributed by atoms with Crippen molar-refractivity contribution < 1.29 is 9.53 Å². The van der Waals surface area contributed by atoms with Crippen LogP contribution in [0.2, 0.25) is 0 Å². The van der Waals surface area contributed by atoms with Crippen LogP contribution in [-0.4, -0.2) is 27.2 Å². The summed E-state index contributed by atoms with van der Waals surface area (Å²) in [4.78, 5) is 25.6. The minimum absolute atomic E-state index is 0.0721. The molecule has 0 bridgehead atoms. The van der Waals surface area contributed by atoms with E-state index in [0.29, 0.717) is 6.54 Å². The SMILES string of the molecule is CC(C)(C)OC(=O)Cn1c(=O)n2c3c(cc(-c4ccccc4)cc31)CCCC2.c1ccc2c(c1)CCCCN2. The number of benzene rings is 3. The second-order valence-electron chi connectivity index (χ2n) is 11.5. The van der Waals surface area contributed by atoms with E-state index in [1.165, 1.54) is 36.1 Å². The number of ether oxygens (including phenoxy) is 1. The molecule has 0 amide bonds. The molecule has 204 valence electrons. The van der Waals surface area contributed by atoms with Gasteiger partial charge in [-0.2, -0.15) is 0 Å². The van der Waals surface area contributed by atoms with Crippen molar-refractivity contribution in [3.63, 3.8) is 0 Å². The van der Waals surface area contributed by atoms with Crippen molar-refractivity contribution in [3.8, 4) is 11.1 Å². The first kappa shape index (κ1) is 26.8. The lowest BCUT2D eigenvalue weighted by Crippen LogP contribution is -2.31. The molecule has 3 aromatic carbocycles. The molecule has 0 radical (unpaired) electrons. The van der Waals surface area contributed by atoms with Crippen LogP contribution < -0.4 is 11.0 Å². The van der Waals surface area contributed by atoms with Gasteiger partial charge in [-0.1, -0.05) is 48.5 Å². The van der Waals surface area contributed by atoms with E-state index in [1.807, 2.05) is 49.6 Å². The number of esters is 1. The predicted octanol–water partition coefficient (Wildman–Crippen LogP) is 6.58. The fraction of sp³-hybridized carbons (Fsp3) is 0.394. The number of hydrogen-bond donors (Lipinski definition) is 1. The Labute approximate surface area is 230 Å². The number of para-hydroxylation sites is 1. The Hall–Kier alpha value is -3.80. The second-order valence-corrected chi connectivity index (χ2v) is 11.5. The molecule has 0 aliphatic carbocycles. The van der Waals surface area contributed by atoms with E-state index in [2.05, 4.69) is 47.8 Å². The predicted molar refractivity (Wildman–Crippen MR) is 158 cm³/mol. The fourth-order valence-corrected chi connectivity index (χ4v) is 5.55. The molecule has 6 heteroatoms. The summed E-state index contributed by atoms with van der Waals surface area (Å²) in [6.45, 7) is 7.26. The van der Waals surface area contributed by atoms with Gasteiger partial charge in [0.2, 0.25) is 0 Å². The van der Waals surface area contributed by atoms with Crippen molar-refractivity contribution in [2.75, 3.05) is 11.9 Å². The van der Waals surface area contributed by atoms with Gasteiger partial charge in [-0.25, -0.2) is 4.79 Å². The Morgan fingerprint density at radius 3 is 2.38 bits per heavy atom. The third-order valence-corrected chi connectivity index (χ3v) is 7.29. The van der Waals surface area contributed by atoms with E-state index in [-0.39, 0.29) is 12.2 Å². The fourth-order valence-electron chi connectivity index (χ4n) is 5.55. The molecule has 0 saturated heterocycles. The van der Waals surface area contributed by atoms with E-state index in [0.717, 1.165) is 48.0 Å². The van der Waals surface area contributed by atoms with Crippen LogP contribution in [0, 0.1) is 0 Å². The van der Waals surface area contributed by atoms with Crippen molar-refractivity contribution in [1.82, 2.24) is 9.13 Å². The zero-order chi connectivity index (χ0) is 27.4. The third kappa shape index (κ3) is 6.27. The largest absolute Gasteiger partial charge is 0.459 e. The monoisotopic (exact) mass is 525 g/mol. The number of anilines is 1. The van der Waals surface area contributed by atoms with Crippen molar-refractivity contribution in [3.05, 3.63) is 88.3 Å². The minimum atomic E-state index is -0.579. The molecule has 3 heterocycles. The van der Waals surface area contributed by atoms with Crippen LogP contribution >= 0.6 is 0 Å². The lowest BCUT2D eigenvalue weighted by molar-refractivity contribution is -0.155. The maximum Gasteiger partial charge on any atom is 0.329 e. The molecule has 0 fully saturated rings. The summed E-state index contributed by atoms with van der Waals surface area (Å²) in [7, 11) is 0. The Balaban J connectivity index is 0.000000233. The Morgan fingerprint density at radius 2 is 1.59 bits per heavy atom. The first-order valence-corrected chi connectivity index (χ1v) is 14.2. The molecule has 2 aliphatic heterocycles. The van der Waals surface area contributed by atoms with Crippen LogP contribution in [0.15, 0.2) is 71.5 Å². The maximum absolute atomic E-state index is 13.1. The quantitative estimate of drug-likeness (QED) is 0.307. The number of nitrogens with zero attached hydrogens (tertiary/aromatic N) is 2. The van der Waals surface area contributed by atoms with Crippen molar-refractivity contribution in [2.45, 2.75) is 78.0 Å². The molecular formula is C33H39N3O3. The van der Waals surface area contributed by atoms with E-state index < -0.39 is 11.6 Å². The van der Waals surface area contributed by atoms with Crippen LogP contribution in [0.3, 0.4) is 0 Å². The van der Waals surface area contributed by atoms with Gasteiger partial charge in [-0.05, 0) is 99.7 Å². The van der Waals surface area contributed by atoms with Gasteiger partial charge in [0.15, 0.2) is 0 Å². The maximum atomic E-state index is 13.1. The van der Waals surface area contributed by atoms with Crippen LogP contribution in [0.5, 0.6) is 0 Å². The lowest BCUT2D eigenvalue weighted by Gasteiger charge is -2.19. The Morgan fingerprint density at radius 1 is 0.872 bits per heavy atom. The van der Waals surface area contributed by atoms with Gasteiger partial charge in [0, 0.05) is 18.8 Å². The average molecular weight is 526 g/mol. The average Bonchev–Trinajstić information content (AvgIpc) is 3.14. The van der Waals surface area contributed by atoms with Gasteiger partial charge in [-0.3, -0.25) is 13.9 Å². The summed E-state index contributed by atoms with van der Waals surface area (Å²) in [5, 5.41) is 3.43. The van der Waals surface area contributed by atoms with Gasteiger partial charge in [0.25, 0.3) is 0 Å². The van der Waals surface area contributed by atoms with Gasteiger partial charge in [0.1, 0.15) is 12.1 Å². The summed E-state index contributed by atoms with van der Waals surface area (Å²) < 4.78 is 8.87. The van der Waals surface area contributed by atoms with Crippen LogP contribution in [-0.2, 0) is 35.5 Å². The van der Waals surface area contributed by atoms with Crippen LogP contribution in [0.4, 0.5) is 5.69 Å². The molecule has 0 unspecified atom stereocenters. The Bertz CT molecular complexity index is 1480. The van der Waals surface area contributed by atoms with Crippen molar-refractivity contribution >= 4 is 22.7 Å². The second kappa shape index (κ2) is 11.5. The number of aromatic nitrogens is 2. The van der Waals surface area contributed by atoms with E-state index >= 15 is 0 Å². The molecule has 1 aromatic heterocycles. The number of rotatable bonds is 3. The highest BCUT2D eigenvalue weighted by molar-refractivity contribution is 5.87. The normalized spacial score (nSPS) is 14.7. The summed E-state index contributed by atoms with van der Waals surface area (Å²) in [5.41, 5.74) is 7.23. The minimum Gasteiger partial charge on any atom is -0.459 e. The van der Waals surface area contributed by atoms with Gasteiger partial charge < -0.3 is 10.1 Å². The van der Waals surface area contributed by atoms with Gasteiger partial charge in [0.05, 0.1) is 11.0 Å². The van der Waals surface area contributed by atoms with E-state index in [4.69, 9.17) is 4.74 Å². The van der Waals surface area contributed by atoms with Crippen LogP contribution in [0.25, 0.3) is 22.2 Å². The summed E-state index contributed by atoms with van der Waals surface area (Å²) in [6, 6.07) is 23.0. The van der Waals surface area contributed by atoms with Crippen molar-refractivity contribution in [1.29, 1.82) is 0 Å². The van der Waals surface area contributed by atoms with E-state index in [9.17, 15) is 9.59 Å². The first-order valence-electron chi connectivity index (χ1n) is 14.2. The van der Waals surface area contributed by atoms with Gasteiger partial charge >= 0.3 is 11.7 Å². The zero-order valence-electron chi connectivity index (χ0n) is 23.3. The smallest absolute Gasteiger partial charge is 0.329 e. The standard InChI is InChI=1S/C23H26N2O3.C10H13N/c1-23(2,3)28-20(26)15-25-19-14-18(16-9-5-4-6-10-16)13-17-11-7-8-12-24(21(17)19)22(25)27;1-2-7-10-9(5-1)6-3-4-8-11-10/h4-6,9-10,13-14H,7-8,11-12,15H2,1-3H3;1-2,5,7,11H,3-4,6,8H2. The van der Waals surface area contributed by atoms with Crippen LogP contribution in [0.1, 0.15) is 57.6 Å². The number of imidazole rings is 1. The molecular weight excluding hydrogens is 486 g/mol. The number of nitrogens with one attached hydrogen (secondary N) is 1. The zero-order valence-corrected chi connectivity index (χ0v) is 23.3. The topological polar surface area (TPSA) is 65.3 Å². The number of fused-ring (bicyclic) bond motifs is 1. The molecule has 0 spiro atoms. The number of hydrogen-bond acceptors (Lipinski definition) is 4. The van der Waals surface area contributed by atoms with Crippen molar-refractivity contribution in [2.24, 2.45) is 0 Å². The molecule has 6 nitrogen and oxygen atoms in total. The lowest BCUT2D eigenvalue weighted by atomic mass is 9.99. The molecule has 0 saturated carbocycles. The molecule has 6 rings (SSSR count). The summed E-state index contributed by atoms with van der Waals surface area (Å²) in [5.74, 6) is -0.391. The number of aryl methyl sites for hydroxylation is 3. The third-order valence-electron chi connectivity index (χ3n) is 7.29. The first-order chi connectivity index (χ1) is 18.8. The molecule has 2 aliphatic rings. The molecule has 4 aromatic rings. The highest BCUT2D eigenvalue weighted by atomic mass is 16.6. The highest BCUT2D eigenvalue weighted by Crippen LogP contribution is 2.30. The molecule has 0 atom stereocenters. The molecule has 1 N–H and O–H groups in total. The Kier molecular flexibility index (Phi) is 7.92. The summed E-state index contributed by atoms with van der Waals surface area (Å²) in [6.07, 6.45) is 6.82.